The van der Waals surface area contributed by atoms with Crippen molar-refractivity contribution in [1.29, 1.82) is 5.26 Å². The summed E-state index contributed by atoms with van der Waals surface area (Å²) in [7, 11) is 0. The number of ether oxygens (including phenoxy) is 1. The predicted molar refractivity (Wildman–Crippen MR) is 58.4 cm³/mol. The fourth-order valence-electron chi connectivity index (χ4n) is 2.46. The molecule has 15 heavy (non-hydrogen) atoms. The van der Waals surface area contributed by atoms with Crippen molar-refractivity contribution in [3.63, 3.8) is 0 Å². The molecule has 0 bridgehead atoms. The van der Waals surface area contributed by atoms with E-state index in [0.29, 0.717) is 5.41 Å². The van der Waals surface area contributed by atoms with Crippen LogP contribution >= 0.6 is 0 Å². The predicted octanol–water partition coefficient (Wildman–Crippen LogP) is 1.79. The lowest BCUT2D eigenvalue weighted by Crippen LogP contribution is -2.49. The molecule has 0 aromatic rings. The molecule has 0 aromatic heterocycles. The van der Waals surface area contributed by atoms with Crippen LogP contribution in [-0.4, -0.2) is 36.7 Å². The molecule has 0 N–H and O–H groups in total. The summed E-state index contributed by atoms with van der Waals surface area (Å²) in [6.45, 7) is 8.23. The summed E-state index contributed by atoms with van der Waals surface area (Å²) >= 11 is 0. The minimum Gasteiger partial charge on any atom is -0.373 e. The molecule has 0 atom stereocenters. The van der Waals surface area contributed by atoms with Gasteiger partial charge in [0.1, 0.15) is 0 Å². The van der Waals surface area contributed by atoms with Crippen LogP contribution < -0.4 is 0 Å². The van der Waals surface area contributed by atoms with E-state index in [2.05, 4.69) is 24.8 Å². The Morgan fingerprint density at radius 2 is 2.13 bits per heavy atom. The Morgan fingerprint density at radius 3 is 2.67 bits per heavy atom. The Balaban J connectivity index is 1.87. The molecule has 2 aliphatic rings. The van der Waals surface area contributed by atoms with Crippen molar-refractivity contribution in [3.05, 3.63) is 0 Å². The smallest absolute Gasteiger partial charge is 0.0753 e. The largest absolute Gasteiger partial charge is 0.373 e. The van der Waals surface area contributed by atoms with Gasteiger partial charge in [0.05, 0.1) is 18.3 Å². The van der Waals surface area contributed by atoms with Gasteiger partial charge in [-0.05, 0) is 32.1 Å². The lowest BCUT2D eigenvalue weighted by Gasteiger charge is -2.39. The number of morpholine rings is 1. The fourth-order valence-corrected chi connectivity index (χ4v) is 2.46. The highest BCUT2D eigenvalue weighted by Gasteiger charge is 2.44. The Labute approximate surface area is 92.0 Å². The van der Waals surface area contributed by atoms with Gasteiger partial charge in [-0.3, -0.25) is 4.90 Å². The highest BCUT2D eigenvalue weighted by atomic mass is 16.5. The Kier molecular flexibility index (Phi) is 2.74. The Bertz CT molecular complexity index is 276. The van der Waals surface area contributed by atoms with E-state index in [0.717, 1.165) is 32.7 Å². The molecule has 2 rings (SSSR count). The first-order valence-electron chi connectivity index (χ1n) is 5.79. The molecule has 0 aromatic carbocycles. The summed E-state index contributed by atoms with van der Waals surface area (Å²) in [5, 5.41) is 8.78. The summed E-state index contributed by atoms with van der Waals surface area (Å²) in [4.78, 5) is 2.47. The molecule has 0 spiro atoms. The van der Waals surface area contributed by atoms with Crippen LogP contribution in [-0.2, 0) is 4.74 Å². The molecule has 1 saturated heterocycles. The molecule has 84 valence electrons. The van der Waals surface area contributed by atoms with E-state index >= 15 is 0 Å². The van der Waals surface area contributed by atoms with Crippen molar-refractivity contribution in [2.24, 2.45) is 5.41 Å². The van der Waals surface area contributed by atoms with Crippen molar-refractivity contribution < 1.29 is 4.74 Å². The van der Waals surface area contributed by atoms with Crippen LogP contribution in [0.2, 0.25) is 0 Å². The van der Waals surface area contributed by atoms with Crippen molar-refractivity contribution in [3.8, 4) is 6.07 Å². The first-order chi connectivity index (χ1) is 7.05. The summed E-state index contributed by atoms with van der Waals surface area (Å²) in [5.41, 5.74) is 0.323. The summed E-state index contributed by atoms with van der Waals surface area (Å²) in [5.74, 6) is 0. The van der Waals surface area contributed by atoms with Gasteiger partial charge in [-0.2, -0.15) is 5.26 Å². The van der Waals surface area contributed by atoms with Crippen LogP contribution in [0.5, 0.6) is 0 Å². The SMILES string of the molecule is CC1(C)CN(CC2(CC#N)CC2)CCO1. The average Bonchev–Trinajstić information content (AvgIpc) is 2.83. The van der Waals surface area contributed by atoms with E-state index < -0.39 is 0 Å². The Hall–Kier alpha value is -0.590. The third-order valence-corrected chi connectivity index (χ3v) is 3.47. The minimum atomic E-state index is -0.0129. The van der Waals surface area contributed by atoms with Crippen LogP contribution in [0.1, 0.15) is 33.1 Å². The molecule has 0 unspecified atom stereocenters. The third kappa shape index (κ3) is 2.70. The van der Waals surface area contributed by atoms with Gasteiger partial charge in [0.25, 0.3) is 0 Å². The maximum absolute atomic E-state index is 8.78. The summed E-state index contributed by atoms with van der Waals surface area (Å²) in [6, 6.07) is 2.32. The first-order valence-corrected chi connectivity index (χ1v) is 5.79. The number of rotatable bonds is 3. The molecule has 1 saturated carbocycles. The quantitative estimate of drug-likeness (QED) is 0.709. The van der Waals surface area contributed by atoms with Gasteiger partial charge in [0.2, 0.25) is 0 Å². The van der Waals surface area contributed by atoms with Gasteiger partial charge in [0.15, 0.2) is 0 Å². The van der Waals surface area contributed by atoms with Crippen LogP contribution in [0.4, 0.5) is 0 Å². The van der Waals surface area contributed by atoms with Gasteiger partial charge < -0.3 is 4.74 Å². The second kappa shape index (κ2) is 3.77. The van der Waals surface area contributed by atoms with E-state index in [1.54, 1.807) is 0 Å². The highest BCUT2D eigenvalue weighted by Crippen LogP contribution is 2.49. The maximum atomic E-state index is 8.78. The van der Waals surface area contributed by atoms with Gasteiger partial charge >= 0.3 is 0 Å². The molecule has 0 amide bonds. The van der Waals surface area contributed by atoms with E-state index in [1.807, 2.05) is 0 Å². The molecule has 2 fully saturated rings. The van der Waals surface area contributed by atoms with E-state index in [1.165, 1.54) is 12.8 Å². The normalized spacial score (nSPS) is 28.3. The topological polar surface area (TPSA) is 36.3 Å². The summed E-state index contributed by atoms with van der Waals surface area (Å²) < 4.78 is 5.68. The van der Waals surface area contributed by atoms with Gasteiger partial charge in [-0.1, -0.05) is 0 Å². The first kappa shape index (κ1) is 10.9. The monoisotopic (exact) mass is 208 g/mol. The maximum Gasteiger partial charge on any atom is 0.0753 e. The van der Waals surface area contributed by atoms with E-state index in [-0.39, 0.29) is 5.60 Å². The lowest BCUT2D eigenvalue weighted by atomic mass is 10.0. The fraction of sp³-hybridized carbons (Fsp3) is 0.917. The second-order valence-electron chi connectivity index (χ2n) is 5.65. The van der Waals surface area contributed by atoms with Gasteiger partial charge in [0, 0.05) is 26.1 Å². The van der Waals surface area contributed by atoms with Crippen LogP contribution in [0.25, 0.3) is 0 Å². The lowest BCUT2D eigenvalue weighted by molar-refractivity contribution is -0.0898. The number of hydrogen-bond donors (Lipinski definition) is 0. The third-order valence-electron chi connectivity index (χ3n) is 3.47. The molecular formula is C12H20N2O. The molecule has 3 nitrogen and oxygen atoms in total. The molecule has 1 heterocycles. The van der Waals surface area contributed by atoms with Crippen molar-refractivity contribution >= 4 is 0 Å². The van der Waals surface area contributed by atoms with E-state index in [4.69, 9.17) is 10.00 Å². The molecular weight excluding hydrogens is 188 g/mol. The van der Waals surface area contributed by atoms with Crippen molar-refractivity contribution in [1.82, 2.24) is 4.90 Å². The van der Waals surface area contributed by atoms with Crippen LogP contribution in [0.15, 0.2) is 0 Å². The van der Waals surface area contributed by atoms with Gasteiger partial charge in [-0.25, -0.2) is 0 Å². The molecule has 1 aliphatic heterocycles. The van der Waals surface area contributed by atoms with Crippen LogP contribution in [0.3, 0.4) is 0 Å². The molecule has 0 radical (unpaired) electrons. The van der Waals surface area contributed by atoms with Crippen molar-refractivity contribution in [2.45, 2.75) is 38.7 Å². The highest BCUT2D eigenvalue weighted by molar-refractivity contribution is 5.01. The van der Waals surface area contributed by atoms with Crippen LogP contribution in [0, 0.1) is 16.7 Å². The standard InChI is InChI=1S/C12H20N2O/c1-11(2)9-14(7-8-15-11)10-12(3-4-12)5-6-13/h3-5,7-10H2,1-2H3. The zero-order valence-corrected chi connectivity index (χ0v) is 9.75. The number of hydrogen-bond acceptors (Lipinski definition) is 3. The second-order valence-corrected chi connectivity index (χ2v) is 5.65. The number of nitriles is 1. The molecule has 1 aliphatic carbocycles. The van der Waals surface area contributed by atoms with Crippen molar-refractivity contribution in [2.75, 3.05) is 26.2 Å². The van der Waals surface area contributed by atoms with E-state index in [9.17, 15) is 0 Å². The summed E-state index contributed by atoms with van der Waals surface area (Å²) in [6.07, 6.45) is 3.20. The number of nitrogens with zero attached hydrogens (tertiary/aromatic N) is 2. The Morgan fingerprint density at radius 1 is 1.40 bits per heavy atom. The zero-order chi connectivity index (χ0) is 10.9. The minimum absolute atomic E-state index is 0.0129. The molecule has 3 heteroatoms. The average molecular weight is 208 g/mol. The van der Waals surface area contributed by atoms with Gasteiger partial charge in [-0.15, -0.1) is 0 Å². The zero-order valence-electron chi connectivity index (χ0n) is 9.75.